The zero-order valence-electron chi connectivity index (χ0n) is 10.9. The van der Waals surface area contributed by atoms with Gasteiger partial charge in [-0.2, -0.15) is 0 Å². The van der Waals surface area contributed by atoms with Crippen molar-refractivity contribution in [3.05, 3.63) is 23.3 Å². The first-order chi connectivity index (χ1) is 8.02. The fourth-order valence-corrected chi connectivity index (χ4v) is 0.852. The Bertz CT molecular complexity index is 294. The molecule has 0 spiro atoms. The Labute approximate surface area is 102 Å². The molecule has 0 saturated carbocycles. The van der Waals surface area contributed by atoms with Crippen molar-refractivity contribution < 1.29 is 19.1 Å². The van der Waals surface area contributed by atoms with Crippen LogP contribution in [0.3, 0.4) is 0 Å². The summed E-state index contributed by atoms with van der Waals surface area (Å²) in [5, 5.41) is 0. The molecule has 0 aromatic carbocycles. The normalized spacial score (nSPS) is 12.2. The Morgan fingerprint density at radius 2 is 1.24 bits per heavy atom. The number of carbonyl (C=O) groups excluding carboxylic acids is 2. The third-order valence-electron chi connectivity index (χ3n) is 2.26. The first-order valence-electron chi connectivity index (χ1n) is 5.63. The smallest absolute Gasteiger partial charge is 0.333 e. The van der Waals surface area contributed by atoms with Gasteiger partial charge in [-0.15, -0.1) is 0 Å². The molecule has 0 saturated heterocycles. The maximum absolute atomic E-state index is 11.2. The van der Waals surface area contributed by atoms with Gasteiger partial charge in [0, 0.05) is 17.6 Å². The van der Waals surface area contributed by atoms with Crippen molar-refractivity contribution in [3.63, 3.8) is 0 Å². The van der Waals surface area contributed by atoms with Gasteiger partial charge in [0.05, 0.1) is 13.2 Å². The molecule has 4 nitrogen and oxygen atoms in total. The maximum Gasteiger partial charge on any atom is 0.333 e. The molecule has 0 aromatic rings. The lowest BCUT2D eigenvalue weighted by Crippen LogP contribution is -2.11. The molecule has 96 valence electrons. The summed E-state index contributed by atoms with van der Waals surface area (Å²) in [5.41, 5.74) is 1.15. The van der Waals surface area contributed by atoms with E-state index in [9.17, 15) is 9.59 Å². The summed E-state index contributed by atoms with van der Waals surface area (Å²) in [7, 11) is 0. The van der Waals surface area contributed by atoms with Gasteiger partial charge in [-0.25, -0.2) is 9.59 Å². The molecule has 0 fully saturated rings. The minimum atomic E-state index is -0.330. The Morgan fingerprint density at radius 1 is 0.882 bits per heavy atom. The van der Waals surface area contributed by atoms with Crippen molar-refractivity contribution in [2.45, 2.75) is 34.1 Å². The highest BCUT2D eigenvalue weighted by Gasteiger charge is 2.06. The van der Waals surface area contributed by atoms with Crippen LogP contribution in [0, 0.1) is 0 Å². The van der Waals surface area contributed by atoms with E-state index >= 15 is 0 Å². The van der Waals surface area contributed by atoms with Crippen LogP contribution in [0.5, 0.6) is 0 Å². The number of rotatable bonds is 6. The van der Waals surface area contributed by atoms with Gasteiger partial charge in [0.25, 0.3) is 0 Å². The second-order valence-corrected chi connectivity index (χ2v) is 3.57. The second-order valence-electron chi connectivity index (χ2n) is 3.57. The molecule has 0 amide bonds. The highest BCUT2D eigenvalue weighted by molar-refractivity contribution is 5.88. The van der Waals surface area contributed by atoms with Crippen molar-refractivity contribution in [1.29, 1.82) is 0 Å². The maximum atomic E-state index is 11.2. The van der Waals surface area contributed by atoms with Crippen LogP contribution in [-0.2, 0) is 19.1 Å². The topological polar surface area (TPSA) is 52.6 Å². The molecule has 17 heavy (non-hydrogen) atoms. The van der Waals surface area contributed by atoms with Gasteiger partial charge >= 0.3 is 11.9 Å². The number of esters is 2. The summed E-state index contributed by atoms with van der Waals surface area (Å²) < 4.78 is 9.90. The van der Waals surface area contributed by atoms with Gasteiger partial charge in [-0.3, -0.25) is 0 Å². The lowest BCUT2D eigenvalue weighted by molar-refractivity contribution is -0.141. The number of hydrogen-bond acceptors (Lipinski definition) is 4. The first-order valence-corrected chi connectivity index (χ1v) is 5.63. The molecule has 4 heteroatoms. The molecule has 0 unspecified atom stereocenters. The van der Waals surface area contributed by atoms with Crippen LogP contribution >= 0.6 is 0 Å². The SMILES string of the molecule is C/C=C(\C)C(=O)OCCCOC(=O)/C(C)=C/C. The molecule has 0 aromatic heterocycles. The molecule has 0 heterocycles. The van der Waals surface area contributed by atoms with E-state index in [4.69, 9.17) is 9.47 Å². The molecule has 0 aliphatic carbocycles. The van der Waals surface area contributed by atoms with Gasteiger partial charge in [-0.05, 0) is 27.7 Å². The molecule has 0 rings (SSSR count). The van der Waals surface area contributed by atoms with Crippen LogP contribution < -0.4 is 0 Å². The summed E-state index contributed by atoms with van der Waals surface area (Å²) in [5.74, 6) is -0.660. The summed E-state index contributed by atoms with van der Waals surface area (Å²) in [6, 6.07) is 0. The third kappa shape index (κ3) is 6.56. The number of ether oxygens (including phenoxy) is 2. The van der Waals surface area contributed by atoms with Gasteiger partial charge in [0.1, 0.15) is 0 Å². The Morgan fingerprint density at radius 3 is 1.53 bits per heavy atom. The highest BCUT2D eigenvalue weighted by Crippen LogP contribution is 1.99. The minimum absolute atomic E-state index is 0.256. The summed E-state index contributed by atoms with van der Waals surface area (Å²) in [6.07, 6.45) is 3.89. The lowest BCUT2D eigenvalue weighted by atomic mass is 10.3. The lowest BCUT2D eigenvalue weighted by Gasteiger charge is -2.06. The standard InChI is InChI=1S/C13H20O4/c1-5-10(3)12(14)16-8-7-9-17-13(15)11(4)6-2/h5-6H,7-9H2,1-4H3/b10-5+,11-6+. The number of carbonyl (C=O) groups is 2. The fourth-order valence-electron chi connectivity index (χ4n) is 0.852. The molecule has 0 atom stereocenters. The third-order valence-corrected chi connectivity index (χ3v) is 2.26. The van der Waals surface area contributed by atoms with E-state index in [0.29, 0.717) is 17.6 Å². The molecule has 0 bridgehead atoms. The molecule has 0 radical (unpaired) electrons. The van der Waals surface area contributed by atoms with E-state index in [0.717, 1.165) is 0 Å². The van der Waals surface area contributed by atoms with Crippen LogP contribution in [0.4, 0.5) is 0 Å². The Balaban J connectivity index is 3.67. The van der Waals surface area contributed by atoms with Gasteiger partial charge in [0.2, 0.25) is 0 Å². The van der Waals surface area contributed by atoms with E-state index in [1.54, 1.807) is 39.8 Å². The summed E-state index contributed by atoms with van der Waals surface area (Å²) in [4.78, 5) is 22.4. The van der Waals surface area contributed by atoms with Crippen molar-refractivity contribution in [2.24, 2.45) is 0 Å². The second kappa shape index (κ2) is 8.56. The van der Waals surface area contributed by atoms with Gasteiger partial charge in [-0.1, -0.05) is 12.2 Å². The largest absolute Gasteiger partial charge is 0.462 e. The van der Waals surface area contributed by atoms with E-state index in [1.165, 1.54) is 0 Å². The monoisotopic (exact) mass is 240 g/mol. The van der Waals surface area contributed by atoms with E-state index in [1.807, 2.05) is 0 Å². The average molecular weight is 240 g/mol. The summed E-state index contributed by atoms with van der Waals surface area (Å²) in [6.45, 7) is 7.45. The number of allylic oxidation sites excluding steroid dienone is 2. The van der Waals surface area contributed by atoms with Crippen molar-refractivity contribution >= 4 is 11.9 Å². The molecule has 0 aliphatic heterocycles. The quantitative estimate of drug-likeness (QED) is 0.406. The van der Waals surface area contributed by atoms with Crippen LogP contribution in [-0.4, -0.2) is 25.2 Å². The van der Waals surface area contributed by atoms with Gasteiger partial charge in [0.15, 0.2) is 0 Å². The minimum Gasteiger partial charge on any atom is -0.462 e. The zero-order chi connectivity index (χ0) is 13.3. The Kier molecular flexibility index (Phi) is 7.76. The first kappa shape index (κ1) is 15.4. The molecular weight excluding hydrogens is 220 g/mol. The van der Waals surface area contributed by atoms with Gasteiger partial charge < -0.3 is 9.47 Å². The molecule has 0 aliphatic rings. The summed E-state index contributed by atoms with van der Waals surface area (Å²) >= 11 is 0. The van der Waals surface area contributed by atoms with Crippen LogP contribution in [0.15, 0.2) is 23.3 Å². The molecular formula is C13H20O4. The number of hydrogen-bond donors (Lipinski definition) is 0. The zero-order valence-corrected chi connectivity index (χ0v) is 10.9. The predicted octanol–water partition coefficient (Wildman–Crippen LogP) is 2.40. The van der Waals surface area contributed by atoms with Crippen molar-refractivity contribution in [2.75, 3.05) is 13.2 Å². The highest BCUT2D eigenvalue weighted by atomic mass is 16.5. The van der Waals surface area contributed by atoms with Crippen molar-refractivity contribution in [1.82, 2.24) is 0 Å². The average Bonchev–Trinajstić information content (AvgIpc) is 2.35. The van der Waals surface area contributed by atoms with E-state index in [-0.39, 0.29) is 25.2 Å². The predicted molar refractivity (Wildman–Crippen MR) is 65.4 cm³/mol. The van der Waals surface area contributed by atoms with Crippen LogP contribution in [0.1, 0.15) is 34.1 Å². The fraction of sp³-hybridized carbons (Fsp3) is 0.538. The Hall–Kier alpha value is -1.58. The van der Waals surface area contributed by atoms with Crippen LogP contribution in [0.2, 0.25) is 0 Å². The van der Waals surface area contributed by atoms with E-state index < -0.39 is 0 Å². The molecule has 0 N–H and O–H groups in total. The van der Waals surface area contributed by atoms with Crippen molar-refractivity contribution in [3.8, 4) is 0 Å². The van der Waals surface area contributed by atoms with Crippen LogP contribution in [0.25, 0.3) is 0 Å². The van der Waals surface area contributed by atoms with E-state index in [2.05, 4.69) is 0 Å².